The van der Waals surface area contributed by atoms with Crippen molar-refractivity contribution in [1.29, 1.82) is 0 Å². The van der Waals surface area contributed by atoms with E-state index in [1.165, 1.54) is 4.90 Å². The monoisotopic (exact) mass is 288 g/mol. The number of carboxylic acid groups (broad SMARTS) is 1. The van der Waals surface area contributed by atoms with Crippen LogP contribution in [0.4, 0.5) is 4.79 Å². The van der Waals surface area contributed by atoms with Crippen molar-refractivity contribution in [3.63, 3.8) is 0 Å². The molecule has 0 bridgehead atoms. The smallest absolute Gasteiger partial charge is 0.328 e. The number of aliphatic hydroxyl groups is 1. The van der Waals surface area contributed by atoms with Crippen LogP contribution in [0.3, 0.4) is 0 Å². The summed E-state index contributed by atoms with van der Waals surface area (Å²) >= 11 is 0. The molecule has 0 aromatic rings. The van der Waals surface area contributed by atoms with Gasteiger partial charge in [-0.1, -0.05) is 0 Å². The van der Waals surface area contributed by atoms with Crippen LogP contribution in [0.25, 0.3) is 0 Å². The van der Waals surface area contributed by atoms with Crippen molar-refractivity contribution >= 4 is 18.0 Å². The highest BCUT2D eigenvalue weighted by Gasteiger charge is 2.29. The van der Waals surface area contributed by atoms with Gasteiger partial charge in [0.1, 0.15) is 0 Å². The molecule has 0 radical (unpaired) electrons. The van der Waals surface area contributed by atoms with Crippen LogP contribution in [-0.2, 0) is 14.3 Å². The van der Waals surface area contributed by atoms with Gasteiger partial charge >= 0.3 is 18.0 Å². The molecule has 8 heteroatoms. The van der Waals surface area contributed by atoms with Gasteiger partial charge in [0.15, 0.2) is 6.04 Å². The first-order valence-electron chi connectivity index (χ1n) is 6.55. The molecule has 0 aromatic heterocycles. The van der Waals surface area contributed by atoms with Crippen LogP contribution in [0.1, 0.15) is 19.8 Å². The fraction of sp³-hybridized carbons (Fsp3) is 0.750. The molecule has 8 nitrogen and oxygen atoms in total. The lowest BCUT2D eigenvalue weighted by atomic mass is 9.97. The molecule has 0 aliphatic carbocycles. The quantitative estimate of drug-likeness (QED) is 0.583. The second kappa shape index (κ2) is 7.68. The molecule has 1 aliphatic rings. The fourth-order valence-electron chi connectivity index (χ4n) is 2.00. The molecule has 114 valence electrons. The van der Waals surface area contributed by atoms with Gasteiger partial charge in [-0.2, -0.15) is 0 Å². The van der Waals surface area contributed by atoms with Gasteiger partial charge in [-0.25, -0.2) is 9.59 Å². The highest BCUT2D eigenvalue weighted by Crippen LogP contribution is 2.18. The maximum absolute atomic E-state index is 11.8. The normalized spacial score (nSPS) is 17.4. The topological polar surface area (TPSA) is 116 Å². The Bertz CT molecular complexity index is 365. The van der Waals surface area contributed by atoms with Crippen LogP contribution < -0.4 is 5.32 Å². The Labute approximate surface area is 116 Å². The molecule has 2 amide bonds. The molecule has 3 N–H and O–H groups in total. The number of piperidine rings is 1. The molecule has 0 unspecified atom stereocenters. The third-order valence-electron chi connectivity index (χ3n) is 3.18. The van der Waals surface area contributed by atoms with E-state index < -0.39 is 24.6 Å². The molecule has 0 spiro atoms. The van der Waals surface area contributed by atoms with E-state index in [0.29, 0.717) is 32.5 Å². The van der Waals surface area contributed by atoms with Gasteiger partial charge in [-0.15, -0.1) is 0 Å². The molecule has 1 heterocycles. The lowest BCUT2D eigenvalue weighted by Gasteiger charge is -2.31. The Morgan fingerprint density at radius 2 is 1.95 bits per heavy atom. The fourth-order valence-corrected chi connectivity index (χ4v) is 2.00. The molecule has 1 aliphatic heterocycles. The number of ether oxygens (including phenoxy) is 1. The number of likely N-dealkylation sites (tertiary alicyclic amines) is 1. The summed E-state index contributed by atoms with van der Waals surface area (Å²) in [6, 6.07) is -1.86. The van der Waals surface area contributed by atoms with E-state index in [9.17, 15) is 14.4 Å². The Hall–Kier alpha value is -1.83. The molecular formula is C12H20N2O6. The highest BCUT2D eigenvalue weighted by molar-refractivity contribution is 5.83. The number of urea groups is 1. The minimum atomic E-state index is -1.31. The van der Waals surface area contributed by atoms with E-state index in [-0.39, 0.29) is 11.9 Å². The summed E-state index contributed by atoms with van der Waals surface area (Å²) in [4.78, 5) is 35.5. The predicted molar refractivity (Wildman–Crippen MR) is 68.0 cm³/mol. The maximum Gasteiger partial charge on any atom is 0.328 e. The lowest BCUT2D eigenvalue weighted by molar-refractivity contribution is -0.149. The number of hydrogen-bond acceptors (Lipinski definition) is 5. The van der Waals surface area contributed by atoms with Crippen molar-refractivity contribution in [2.45, 2.75) is 25.8 Å². The van der Waals surface area contributed by atoms with E-state index in [0.717, 1.165) is 0 Å². The summed E-state index contributed by atoms with van der Waals surface area (Å²) in [5.41, 5.74) is 0. The zero-order valence-electron chi connectivity index (χ0n) is 11.4. The van der Waals surface area contributed by atoms with Crippen molar-refractivity contribution in [2.24, 2.45) is 5.92 Å². The van der Waals surface area contributed by atoms with Crippen molar-refractivity contribution in [2.75, 3.05) is 26.3 Å². The van der Waals surface area contributed by atoms with E-state index >= 15 is 0 Å². The second-order valence-corrected chi connectivity index (χ2v) is 4.54. The number of nitrogens with zero attached hydrogens (tertiary/aromatic N) is 1. The van der Waals surface area contributed by atoms with Gasteiger partial charge in [0, 0.05) is 13.1 Å². The number of nitrogens with one attached hydrogen (secondary N) is 1. The maximum atomic E-state index is 11.8. The SMILES string of the molecule is CCOC(=O)C1CCN(C(=O)N[C@H](CO)C(=O)O)CC1. The van der Waals surface area contributed by atoms with E-state index in [4.69, 9.17) is 14.9 Å². The standard InChI is InChI=1S/C12H20N2O6/c1-2-20-11(18)8-3-5-14(6-4-8)12(19)13-9(7-15)10(16)17/h8-9,15H,2-7H2,1H3,(H,13,19)(H,16,17)/t9-/m1/s1. The average Bonchev–Trinajstić information content (AvgIpc) is 2.44. The molecule has 1 fully saturated rings. The van der Waals surface area contributed by atoms with E-state index in [2.05, 4.69) is 5.32 Å². The highest BCUT2D eigenvalue weighted by atomic mass is 16.5. The van der Waals surface area contributed by atoms with Crippen LogP contribution in [-0.4, -0.2) is 65.4 Å². The summed E-state index contributed by atoms with van der Waals surface area (Å²) in [6.07, 6.45) is 0.978. The van der Waals surface area contributed by atoms with Crippen LogP contribution in [0, 0.1) is 5.92 Å². The van der Waals surface area contributed by atoms with Gasteiger partial charge in [-0.05, 0) is 19.8 Å². The third-order valence-corrected chi connectivity index (χ3v) is 3.18. The molecule has 1 atom stereocenters. The Balaban J connectivity index is 2.43. The molecular weight excluding hydrogens is 268 g/mol. The zero-order chi connectivity index (χ0) is 15.1. The number of esters is 1. The largest absolute Gasteiger partial charge is 0.480 e. The number of hydrogen-bond donors (Lipinski definition) is 3. The Morgan fingerprint density at radius 3 is 2.40 bits per heavy atom. The average molecular weight is 288 g/mol. The number of rotatable bonds is 5. The van der Waals surface area contributed by atoms with Crippen LogP contribution in [0.5, 0.6) is 0 Å². The zero-order valence-corrected chi connectivity index (χ0v) is 11.4. The van der Waals surface area contributed by atoms with Gasteiger partial charge in [0.25, 0.3) is 0 Å². The van der Waals surface area contributed by atoms with E-state index in [1.54, 1.807) is 6.92 Å². The number of aliphatic hydroxyl groups excluding tert-OH is 1. The third kappa shape index (κ3) is 4.37. The molecule has 20 heavy (non-hydrogen) atoms. The van der Waals surface area contributed by atoms with Crippen molar-refractivity contribution in [3.8, 4) is 0 Å². The second-order valence-electron chi connectivity index (χ2n) is 4.54. The molecule has 0 saturated carbocycles. The first kappa shape index (κ1) is 16.2. The summed E-state index contributed by atoms with van der Waals surface area (Å²) in [6.45, 7) is 2.11. The van der Waals surface area contributed by atoms with E-state index in [1.807, 2.05) is 0 Å². The van der Waals surface area contributed by atoms with Gasteiger partial charge in [0.2, 0.25) is 0 Å². The number of aliphatic carboxylic acids is 1. The van der Waals surface area contributed by atoms with Gasteiger partial charge in [0.05, 0.1) is 19.1 Å². The summed E-state index contributed by atoms with van der Waals surface area (Å²) in [5.74, 6) is -1.76. The Kier molecular flexibility index (Phi) is 6.23. The van der Waals surface area contributed by atoms with Crippen molar-refractivity contribution in [3.05, 3.63) is 0 Å². The molecule has 1 saturated heterocycles. The first-order valence-corrected chi connectivity index (χ1v) is 6.55. The predicted octanol–water partition coefficient (Wildman–Crippen LogP) is -0.583. The van der Waals surface area contributed by atoms with Gasteiger partial charge < -0.3 is 25.2 Å². The van der Waals surface area contributed by atoms with Crippen LogP contribution >= 0.6 is 0 Å². The summed E-state index contributed by atoms with van der Waals surface area (Å²) in [7, 11) is 0. The number of carboxylic acids is 1. The van der Waals surface area contributed by atoms with Crippen LogP contribution in [0.15, 0.2) is 0 Å². The lowest BCUT2D eigenvalue weighted by Crippen LogP contribution is -2.51. The molecule has 0 aromatic carbocycles. The Morgan fingerprint density at radius 1 is 1.35 bits per heavy atom. The number of carbonyl (C=O) groups is 3. The number of amides is 2. The first-order chi connectivity index (χ1) is 9.49. The minimum absolute atomic E-state index is 0.216. The number of carbonyl (C=O) groups excluding carboxylic acids is 2. The minimum Gasteiger partial charge on any atom is -0.480 e. The molecule has 1 rings (SSSR count). The summed E-state index contributed by atoms with van der Waals surface area (Å²) < 4.78 is 4.92. The van der Waals surface area contributed by atoms with Crippen molar-refractivity contribution in [1.82, 2.24) is 10.2 Å². The summed E-state index contributed by atoms with van der Waals surface area (Å²) in [5, 5.41) is 19.8. The van der Waals surface area contributed by atoms with Gasteiger partial charge in [-0.3, -0.25) is 4.79 Å². The van der Waals surface area contributed by atoms with Crippen LogP contribution in [0.2, 0.25) is 0 Å². The van der Waals surface area contributed by atoms with Crippen molar-refractivity contribution < 1.29 is 29.3 Å².